The summed E-state index contributed by atoms with van der Waals surface area (Å²) in [6.07, 6.45) is 2.10. The lowest BCUT2D eigenvalue weighted by atomic mass is 9.88. The zero-order valence-electron chi connectivity index (χ0n) is 11.8. The number of hydrogen-bond acceptors (Lipinski definition) is 3. The highest BCUT2D eigenvalue weighted by Crippen LogP contribution is 2.33. The van der Waals surface area contributed by atoms with E-state index in [1.54, 1.807) is 6.20 Å². The van der Waals surface area contributed by atoms with Crippen LogP contribution in [0, 0.1) is 0 Å². The van der Waals surface area contributed by atoms with Crippen molar-refractivity contribution in [2.75, 3.05) is 14.1 Å². The van der Waals surface area contributed by atoms with E-state index in [4.69, 9.17) is 0 Å². The van der Waals surface area contributed by atoms with Crippen LogP contribution in [0.4, 0.5) is 0 Å². The molecule has 1 N–H and O–H groups in total. The molecule has 1 heterocycles. The molecule has 2 atom stereocenters. The second-order valence-corrected chi connectivity index (χ2v) is 5.30. The summed E-state index contributed by atoms with van der Waals surface area (Å²) in [5.74, 6) is 0. The summed E-state index contributed by atoms with van der Waals surface area (Å²) >= 11 is 0. The van der Waals surface area contributed by atoms with Crippen molar-refractivity contribution in [3.8, 4) is 0 Å². The molecule has 4 heteroatoms. The number of aliphatic hydroxyl groups excluding tert-OH is 1. The Bertz CT molecular complexity index is 359. The van der Waals surface area contributed by atoms with Crippen LogP contribution in [0.2, 0.25) is 0 Å². The number of hydrogen-bond donors (Lipinski definition) is 1. The Morgan fingerprint density at radius 1 is 1.47 bits per heavy atom. The van der Waals surface area contributed by atoms with Crippen molar-refractivity contribution < 1.29 is 5.11 Å². The molecule has 0 bridgehead atoms. The van der Waals surface area contributed by atoms with Gasteiger partial charge in [0, 0.05) is 17.8 Å². The zero-order valence-corrected chi connectivity index (χ0v) is 11.8. The fraction of sp³-hybridized carbons (Fsp3) is 0.769. The van der Waals surface area contributed by atoms with Gasteiger partial charge in [-0.1, -0.05) is 6.92 Å². The molecule has 0 fully saturated rings. The normalized spacial score (nSPS) is 17.5. The molecular formula is C13H25N3O. The van der Waals surface area contributed by atoms with Gasteiger partial charge in [0.05, 0.1) is 5.69 Å². The molecule has 17 heavy (non-hydrogen) atoms. The molecule has 1 aromatic heterocycles. The number of likely N-dealkylation sites (N-methyl/N-ethyl adjacent to an activating group) is 1. The Balaban J connectivity index is 3.10. The quantitative estimate of drug-likeness (QED) is 0.856. The molecule has 2 unspecified atom stereocenters. The van der Waals surface area contributed by atoms with Crippen LogP contribution in [0.3, 0.4) is 0 Å². The first-order valence-corrected chi connectivity index (χ1v) is 6.23. The van der Waals surface area contributed by atoms with E-state index in [0.29, 0.717) is 0 Å². The van der Waals surface area contributed by atoms with Gasteiger partial charge in [-0.25, -0.2) is 0 Å². The standard InChI is InChI=1S/C13H25N3O/c1-7-13(4,15(5)6)12(17)11-8-9-14-16(11)10(2)3/h8-10,12,17H,7H2,1-6H3. The third-order valence-corrected chi connectivity index (χ3v) is 3.80. The monoisotopic (exact) mass is 239 g/mol. The van der Waals surface area contributed by atoms with E-state index in [1.807, 2.05) is 24.8 Å². The van der Waals surface area contributed by atoms with Gasteiger partial charge in [-0.3, -0.25) is 4.68 Å². The van der Waals surface area contributed by atoms with Gasteiger partial charge in [0.25, 0.3) is 0 Å². The van der Waals surface area contributed by atoms with Crippen LogP contribution < -0.4 is 0 Å². The first kappa shape index (κ1) is 14.2. The van der Waals surface area contributed by atoms with Gasteiger partial charge in [0.1, 0.15) is 6.10 Å². The molecular weight excluding hydrogens is 214 g/mol. The Morgan fingerprint density at radius 2 is 2.06 bits per heavy atom. The van der Waals surface area contributed by atoms with Gasteiger partial charge < -0.3 is 10.0 Å². The van der Waals surface area contributed by atoms with Crippen molar-refractivity contribution in [2.24, 2.45) is 0 Å². The van der Waals surface area contributed by atoms with E-state index >= 15 is 0 Å². The predicted molar refractivity (Wildman–Crippen MR) is 70.0 cm³/mol. The van der Waals surface area contributed by atoms with Gasteiger partial charge in [-0.2, -0.15) is 5.10 Å². The average molecular weight is 239 g/mol. The minimum Gasteiger partial charge on any atom is -0.385 e. The highest BCUT2D eigenvalue weighted by molar-refractivity contribution is 5.12. The van der Waals surface area contributed by atoms with Crippen molar-refractivity contribution in [2.45, 2.75) is 51.8 Å². The molecule has 98 valence electrons. The first-order valence-electron chi connectivity index (χ1n) is 6.23. The summed E-state index contributed by atoms with van der Waals surface area (Å²) in [4.78, 5) is 2.08. The minimum atomic E-state index is -0.535. The van der Waals surface area contributed by atoms with Crippen molar-refractivity contribution in [1.29, 1.82) is 0 Å². The topological polar surface area (TPSA) is 41.3 Å². The van der Waals surface area contributed by atoms with Crippen LogP contribution in [0.25, 0.3) is 0 Å². The predicted octanol–water partition coefficient (Wildman–Crippen LogP) is 2.23. The first-order chi connectivity index (χ1) is 7.84. The number of aliphatic hydroxyl groups is 1. The Hall–Kier alpha value is -0.870. The maximum Gasteiger partial charge on any atom is 0.114 e. The summed E-state index contributed by atoms with van der Waals surface area (Å²) in [5.41, 5.74) is 0.616. The van der Waals surface area contributed by atoms with Crippen LogP contribution in [-0.2, 0) is 0 Å². The smallest absolute Gasteiger partial charge is 0.114 e. The molecule has 4 nitrogen and oxygen atoms in total. The molecule has 0 spiro atoms. The molecule has 0 amide bonds. The van der Waals surface area contributed by atoms with Crippen LogP contribution >= 0.6 is 0 Å². The SMILES string of the molecule is CCC(C)(C(O)c1ccnn1C(C)C)N(C)C. The van der Waals surface area contributed by atoms with E-state index in [0.717, 1.165) is 12.1 Å². The molecule has 0 saturated carbocycles. The number of rotatable bonds is 5. The fourth-order valence-electron chi connectivity index (χ4n) is 2.05. The average Bonchev–Trinajstić information content (AvgIpc) is 2.75. The highest BCUT2D eigenvalue weighted by Gasteiger charge is 2.36. The van der Waals surface area contributed by atoms with Crippen molar-refractivity contribution in [3.63, 3.8) is 0 Å². The maximum atomic E-state index is 10.6. The van der Waals surface area contributed by atoms with Crippen molar-refractivity contribution in [3.05, 3.63) is 18.0 Å². The van der Waals surface area contributed by atoms with Crippen LogP contribution in [0.5, 0.6) is 0 Å². The van der Waals surface area contributed by atoms with Gasteiger partial charge >= 0.3 is 0 Å². The zero-order chi connectivity index (χ0) is 13.2. The fourth-order valence-corrected chi connectivity index (χ4v) is 2.05. The molecule has 0 saturated heterocycles. The van der Waals surface area contributed by atoms with Crippen LogP contribution in [0.15, 0.2) is 12.3 Å². The van der Waals surface area contributed by atoms with E-state index < -0.39 is 6.10 Å². The minimum absolute atomic E-state index is 0.262. The Kier molecular flexibility index (Phi) is 4.33. The van der Waals surface area contributed by atoms with Gasteiger partial charge in [-0.05, 0) is 47.4 Å². The second kappa shape index (κ2) is 5.19. The highest BCUT2D eigenvalue weighted by atomic mass is 16.3. The molecule has 0 radical (unpaired) electrons. The van der Waals surface area contributed by atoms with E-state index in [1.165, 1.54) is 0 Å². The molecule has 0 aromatic carbocycles. The van der Waals surface area contributed by atoms with E-state index in [9.17, 15) is 5.11 Å². The van der Waals surface area contributed by atoms with Gasteiger partial charge in [-0.15, -0.1) is 0 Å². The summed E-state index contributed by atoms with van der Waals surface area (Å²) < 4.78 is 1.89. The summed E-state index contributed by atoms with van der Waals surface area (Å²) in [6.45, 7) is 8.32. The molecule has 0 aliphatic rings. The van der Waals surface area contributed by atoms with Gasteiger partial charge in [0.2, 0.25) is 0 Å². The lowest BCUT2D eigenvalue weighted by Gasteiger charge is -2.40. The molecule has 0 aliphatic carbocycles. The number of aromatic nitrogens is 2. The lowest BCUT2D eigenvalue weighted by molar-refractivity contribution is -0.00502. The third kappa shape index (κ3) is 2.53. The summed E-state index contributed by atoms with van der Waals surface area (Å²) in [6, 6.07) is 2.17. The Morgan fingerprint density at radius 3 is 2.47 bits per heavy atom. The lowest BCUT2D eigenvalue weighted by Crippen LogP contribution is -2.46. The summed E-state index contributed by atoms with van der Waals surface area (Å²) in [7, 11) is 4.01. The van der Waals surface area contributed by atoms with Crippen molar-refractivity contribution in [1.82, 2.24) is 14.7 Å². The maximum absolute atomic E-state index is 10.6. The molecule has 1 aromatic rings. The van der Waals surface area contributed by atoms with Gasteiger partial charge in [0.15, 0.2) is 0 Å². The Labute approximate surface area is 104 Å². The summed E-state index contributed by atoms with van der Waals surface area (Å²) in [5, 5.41) is 14.9. The van der Waals surface area contributed by atoms with E-state index in [2.05, 4.69) is 37.7 Å². The third-order valence-electron chi connectivity index (χ3n) is 3.80. The van der Waals surface area contributed by atoms with Crippen LogP contribution in [-0.4, -0.2) is 39.4 Å². The molecule has 1 rings (SSSR count). The molecule has 0 aliphatic heterocycles. The van der Waals surface area contributed by atoms with Crippen LogP contribution in [0.1, 0.15) is 52.0 Å². The largest absolute Gasteiger partial charge is 0.385 e. The number of nitrogens with zero attached hydrogens (tertiary/aromatic N) is 3. The second-order valence-electron chi connectivity index (χ2n) is 5.30. The van der Waals surface area contributed by atoms with E-state index in [-0.39, 0.29) is 11.6 Å². The van der Waals surface area contributed by atoms with Crippen molar-refractivity contribution >= 4 is 0 Å².